The minimum atomic E-state index is -4.68. The normalized spacial score (nSPS) is 21.0. The number of halogens is 4. The van der Waals surface area contributed by atoms with E-state index in [1.807, 2.05) is 24.3 Å². The summed E-state index contributed by atoms with van der Waals surface area (Å²) in [6.45, 7) is 3.30. The first-order valence-electron chi connectivity index (χ1n) is 9.41. The average molecular weight is 450 g/mol. The molecule has 0 aliphatic heterocycles. The number of allylic oxidation sites excluding steroid dienone is 2. The highest BCUT2D eigenvalue weighted by Crippen LogP contribution is 2.60. The second kappa shape index (κ2) is 8.64. The van der Waals surface area contributed by atoms with Crippen LogP contribution in [0, 0.1) is 28.6 Å². The molecule has 1 saturated carbocycles. The maximum Gasteiger partial charge on any atom is 0.426 e. The van der Waals surface area contributed by atoms with Gasteiger partial charge >= 0.3 is 12.1 Å². The first kappa shape index (κ1) is 22.7. The van der Waals surface area contributed by atoms with Crippen molar-refractivity contribution in [3.05, 3.63) is 71.3 Å². The van der Waals surface area contributed by atoms with Crippen LogP contribution < -0.4 is 4.74 Å². The molecule has 0 heterocycles. The first-order valence-corrected chi connectivity index (χ1v) is 9.79. The average Bonchev–Trinajstić information content (AvgIpc) is 3.26. The summed E-state index contributed by atoms with van der Waals surface area (Å²) in [6.07, 6.45) is -5.07. The monoisotopic (exact) mass is 449 g/mol. The van der Waals surface area contributed by atoms with Crippen LogP contribution in [-0.2, 0) is 9.53 Å². The van der Waals surface area contributed by atoms with Gasteiger partial charge in [0.25, 0.3) is 0 Å². The van der Waals surface area contributed by atoms with Crippen LogP contribution in [0.1, 0.15) is 25.5 Å². The summed E-state index contributed by atoms with van der Waals surface area (Å²) >= 11 is 5.32. The van der Waals surface area contributed by atoms with Crippen molar-refractivity contribution in [1.29, 1.82) is 5.26 Å². The van der Waals surface area contributed by atoms with Gasteiger partial charge in [-0.05, 0) is 35.6 Å². The van der Waals surface area contributed by atoms with E-state index in [-0.39, 0.29) is 0 Å². The van der Waals surface area contributed by atoms with Crippen molar-refractivity contribution in [2.75, 3.05) is 0 Å². The number of hydrogen-bond donors (Lipinski definition) is 0. The highest BCUT2D eigenvalue weighted by atomic mass is 35.5. The second-order valence-electron chi connectivity index (χ2n) is 7.77. The zero-order chi connectivity index (χ0) is 22.8. The number of benzene rings is 2. The highest BCUT2D eigenvalue weighted by molar-refractivity contribution is 6.30. The third-order valence-corrected chi connectivity index (χ3v) is 5.59. The molecule has 4 nitrogen and oxygen atoms in total. The zero-order valence-electron chi connectivity index (χ0n) is 16.7. The van der Waals surface area contributed by atoms with Gasteiger partial charge in [-0.2, -0.15) is 18.4 Å². The highest BCUT2D eigenvalue weighted by Gasteiger charge is 2.62. The van der Waals surface area contributed by atoms with E-state index in [1.54, 1.807) is 50.2 Å². The lowest BCUT2D eigenvalue weighted by molar-refractivity contribution is -0.149. The van der Waals surface area contributed by atoms with Gasteiger partial charge in [-0.3, -0.25) is 4.79 Å². The first-order chi connectivity index (χ1) is 14.5. The van der Waals surface area contributed by atoms with Crippen molar-refractivity contribution in [2.24, 2.45) is 17.3 Å². The smallest absolute Gasteiger partial charge is 0.426 e. The Kier molecular flexibility index (Phi) is 6.33. The Bertz CT molecular complexity index is 1030. The quantitative estimate of drug-likeness (QED) is 0.469. The molecule has 3 atom stereocenters. The van der Waals surface area contributed by atoms with Crippen LogP contribution in [0.25, 0.3) is 0 Å². The Hall–Kier alpha value is -2.98. The summed E-state index contributed by atoms with van der Waals surface area (Å²) in [4.78, 5) is 12.6. The molecule has 8 heteroatoms. The van der Waals surface area contributed by atoms with E-state index in [0.29, 0.717) is 17.1 Å². The second-order valence-corrected chi connectivity index (χ2v) is 8.18. The minimum Gasteiger partial charge on any atom is -0.457 e. The Labute approximate surface area is 182 Å². The molecule has 2 aromatic carbocycles. The van der Waals surface area contributed by atoms with Gasteiger partial charge in [-0.25, -0.2) is 0 Å². The van der Waals surface area contributed by atoms with Gasteiger partial charge in [-0.1, -0.05) is 61.9 Å². The van der Waals surface area contributed by atoms with Crippen LogP contribution in [0.2, 0.25) is 0 Å². The van der Waals surface area contributed by atoms with Gasteiger partial charge in [0.15, 0.2) is 0 Å². The largest absolute Gasteiger partial charge is 0.457 e. The number of para-hydroxylation sites is 1. The predicted octanol–water partition coefficient (Wildman–Crippen LogP) is 6.54. The lowest BCUT2D eigenvalue weighted by Crippen LogP contribution is -2.14. The summed E-state index contributed by atoms with van der Waals surface area (Å²) in [7, 11) is 0. The van der Waals surface area contributed by atoms with Crippen LogP contribution in [0.4, 0.5) is 13.2 Å². The van der Waals surface area contributed by atoms with Gasteiger partial charge in [0, 0.05) is 5.56 Å². The lowest BCUT2D eigenvalue weighted by Gasteiger charge is -2.13. The Morgan fingerprint density at radius 3 is 2.42 bits per heavy atom. The van der Waals surface area contributed by atoms with E-state index in [2.05, 4.69) is 0 Å². The molecular weight excluding hydrogens is 431 g/mol. The van der Waals surface area contributed by atoms with Crippen molar-refractivity contribution in [3.8, 4) is 17.6 Å². The van der Waals surface area contributed by atoms with Gasteiger partial charge in [-0.15, -0.1) is 0 Å². The molecular formula is C23H19ClF3NO3. The number of carbonyl (C=O) groups excluding carboxylic acids is 1. The standard InChI is InChI=1S/C23H19ClF3NO3/c1-22(2)17(12-19(24)23(25,26)27)20(22)21(29)31-18(13-28)14-7-6-10-16(11-14)30-15-8-4-3-5-9-15/h3-12,17-18,20H,1-2H3/t17-,18+,20-/m1/s1. The van der Waals surface area contributed by atoms with Crippen LogP contribution in [0.5, 0.6) is 11.5 Å². The van der Waals surface area contributed by atoms with Gasteiger partial charge < -0.3 is 9.47 Å². The van der Waals surface area contributed by atoms with Gasteiger partial charge in [0.05, 0.1) is 5.92 Å². The van der Waals surface area contributed by atoms with Crippen LogP contribution in [-0.4, -0.2) is 12.1 Å². The molecule has 1 aliphatic carbocycles. The molecule has 0 amide bonds. The SMILES string of the molecule is CC1(C)[C@H](C=C(Cl)C(F)(F)F)[C@@H]1C(=O)O[C@@H](C#N)c1cccc(Oc2ccccc2)c1. The van der Waals surface area contributed by atoms with E-state index in [9.17, 15) is 23.2 Å². The number of carbonyl (C=O) groups is 1. The van der Waals surface area contributed by atoms with Crippen molar-refractivity contribution in [2.45, 2.75) is 26.1 Å². The van der Waals surface area contributed by atoms with Crippen LogP contribution in [0.15, 0.2) is 65.7 Å². The van der Waals surface area contributed by atoms with Crippen molar-refractivity contribution in [3.63, 3.8) is 0 Å². The fourth-order valence-corrected chi connectivity index (χ4v) is 3.55. The van der Waals surface area contributed by atoms with E-state index in [1.165, 1.54) is 0 Å². The van der Waals surface area contributed by atoms with Crippen LogP contribution in [0.3, 0.4) is 0 Å². The number of ether oxygens (including phenoxy) is 2. The molecule has 0 bridgehead atoms. The Balaban J connectivity index is 1.72. The van der Waals surface area contributed by atoms with E-state index < -0.39 is 40.5 Å². The fourth-order valence-electron chi connectivity index (χ4n) is 3.42. The minimum absolute atomic E-state index is 0.392. The number of alkyl halides is 3. The maximum absolute atomic E-state index is 12.7. The number of nitriles is 1. The van der Waals surface area contributed by atoms with Gasteiger partial charge in [0.1, 0.15) is 22.6 Å². The van der Waals surface area contributed by atoms with Gasteiger partial charge in [0.2, 0.25) is 6.10 Å². The molecule has 0 aromatic heterocycles. The molecule has 0 spiro atoms. The molecule has 0 radical (unpaired) electrons. The van der Waals surface area contributed by atoms with Crippen LogP contribution >= 0.6 is 11.6 Å². The number of nitrogens with zero attached hydrogens (tertiary/aromatic N) is 1. The van der Waals surface area contributed by atoms with E-state index >= 15 is 0 Å². The third-order valence-electron chi connectivity index (χ3n) is 5.25. The Morgan fingerprint density at radius 2 is 1.81 bits per heavy atom. The molecule has 162 valence electrons. The molecule has 31 heavy (non-hydrogen) atoms. The van der Waals surface area contributed by atoms with Crippen molar-refractivity contribution in [1.82, 2.24) is 0 Å². The molecule has 2 aromatic rings. The number of rotatable bonds is 6. The molecule has 0 saturated heterocycles. The molecule has 3 rings (SSSR count). The third kappa shape index (κ3) is 5.20. The number of hydrogen-bond acceptors (Lipinski definition) is 4. The summed E-state index contributed by atoms with van der Waals surface area (Å²) in [5.41, 5.74) is -0.371. The summed E-state index contributed by atoms with van der Waals surface area (Å²) in [5.74, 6) is -1.27. The molecule has 1 fully saturated rings. The zero-order valence-corrected chi connectivity index (χ0v) is 17.4. The molecule has 0 unspecified atom stereocenters. The molecule has 1 aliphatic rings. The summed E-state index contributed by atoms with van der Waals surface area (Å²) < 4.78 is 49.2. The maximum atomic E-state index is 12.7. The van der Waals surface area contributed by atoms with Crippen molar-refractivity contribution >= 4 is 17.6 Å². The van der Waals surface area contributed by atoms with E-state index in [0.717, 1.165) is 6.08 Å². The number of esters is 1. The fraction of sp³-hybridized carbons (Fsp3) is 0.304. The molecule has 0 N–H and O–H groups in total. The summed E-state index contributed by atoms with van der Waals surface area (Å²) in [5, 5.41) is 8.23. The topological polar surface area (TPSA) is 59.3 Å². The van der Waals surface area contributed by atoms with E-state index in [4.69, 9.17) is 21.1 Å². The van der Waals surface area contributed by atoms with Crippen molar-refractivity contribution < 1.29 is 27.4 Å². The summed E-state index contributed by atoms with van der Waals surface area (Å²) in [6, 6.07) is 17.4. The predicted molar refractivity (Wildman–Crippen MR) is 108 cm³/mol. The Morgan fingerprint density at radius 1 is 1.16 bits per heavy atom. The lowest BCUT2D eigenvalue weighted by atomic mass is 10.1.